The summed E-state index contributed by atoms with van der Waals surface area (Å²) in [6.07, 6.45) is 0. The number of methoxy groups -OCH3 is 1. The molecule has 10 nitrogen and oxygen atoms in total. The van der Waals surface area contributed by atoms with Crippen LogP contribution in [0.15, 0.2) is 5.16 Å². The monoisotopic (exact) mass is 398 g/mol. The number of ether oxygens (including phenoxy) is 1. The number of thiophene rings is 1. The van der Waals surface area contributed by atoms with Gasteiger partial charge in [-0.3, -0.25) is 9.59 Å². The normalized spacial score (nSPS) is 10.5. The minimum atomic E-state index is -0.614. The molecular weight excluding hydrogens is 380 g/mol. The van der Waals surface area contributed by atoms with Crippen LogP contribution < -0.4 is 5.32 Å². The van der Waals surface area contributed by atoms with Crippen molar-refractivity contribution in [1.82, 2.24) is 25.1 Å². The molecule has 0 fully saturated rings. The highest BCUT2D eigenvalue weighted by atomic mass is 32.2. The van der Waals surface area contributed by atoms with Crippen molar-refractivity contribution in [3.8, 4) is 0 Å². The average Bonchev–Trinajstić information content (AvgIpc) is 3.14. The number of amides is 2. The van der Waals surface area contributed by atoms with E-state index in [0.29, 0.717) is 15.6 Å². The quantitative estimate of drug-likeness (QED) is 0.560. The van der Waals surface area contributed by atoms with Gasteiger partial charge in [0.15, 0.2) is 0 Å². The van der Waals surface area contributed by atoms with Crippen LogP contribution in [-0.4, -0.2) is 69.8 Å². The van der Waals surface area contributed by atoms with Crippen molar-refractivity contribution in [2.24, 2.45) is 7.05 Å². The van der Waals surface area contributed by atoms with Crippen molar-refractivity contribution in [2.75, 3.05) is 32.3 Å². The number of carbonyl (C=O) groups is 3. The standard InChI is InChI=1S/C14H18N6O4S2/c1-7-9(13(23)24-5)11(26-10(7)12(22)19(2)3)15-8(21)6-25-14-16-17-18-20(14)4/h6H2,1-5H3,(H,15,21). The van der Waals surface area contributed by atoms with E-state index >= 15 is 0 Å². The van der Waals surface area contributed by atoms with E-state index in [1.807, 2.05) is 0 Å². The number of nitrogens with zero attached hydrogens (tertiary/aromatic N) is 5. The lowest BCUT2D eigenvalue weighted by Gasteiger charge is -2.08. The van der Waals surface area contributed by atoms with Gasteiger partial charge in [-0.05, 0) is 22.9 Å². The number of esters is 1. The number of aryl methyl sites for hydroxylation is 1. The molecule has 140 valence electrons. The third-order valence-corrected chi connectivity index (χ3v) is 5.51. The Hall–Kier alpha value is -2.47. The van der Waals surface area contributed by atoms with Crippen LogP contribution in [0.4, 0.5) is 5.00 Å². The summed E-state index contributed by atoms with van der Waals surface area (Å²) in [6, 6.07) is 0. The second-order valence-corrected chi connectivity index (χ2v) is 7.34. The highest BCUT2D eigenvalue weighted by molar-refractivity contribution is 7.99. The number of hydrogen-bond acceptors (Lipinski definition) is 9. The van der Waals surface area contributed by atoms with E-state index in [2.05, 4.69) is 20.8 Å². The van der Waals surface area contributed by atoms with Gasteiger partial charge in [-0.1, -0.05) is 11.8 Å². The second-order valence-electron chi connectivity index (χ2n) is 5.37. The topological polar surface area (TPSA) is 119 Å². The lowest BCUT2D eigenvalue weighted by molar-refractivity contribution is -0.113. The number of tetrazole rings is 1. The SMILES string of the molecule is COC(=O)c1c(NC(=O)CSc2nnnn2C)sc(C(=O)N(C)C)c1C. The maximum Gasteiger partial charge on any atom is 0.341 e. The lowest BCUT2D eigenvalue weighted by atomic mass is 10.1. The highest BCUT2D eigenvalue weighted by Crippen LogP contribution is 2.34. The number of aromatic nitrogens is 4. The molecule has 2 heterocycles. The molecule has 0 aromatic carbocycles. The summed E-state index contributed by atoms with van der Waals surface area (Å²) in [7, 11) is 6.14. The lowest BCUT2D eigenvalue weighted by Crippen LogP contribution is -2.21. The molecule has 26 heavy (non-hydrogen) atoms. The van der Waals surface area contributed by atoms with E-state index < -0.39 is 5.97 Å². The molecule has 0 radical (unpaired) electrons. The molecule has 0 saturated carbocycles. The van der Waals surface area contributed by atoms with E-state index in [-0.39, 0.29) is 28.1 Å². The van der Waals surface area contributed by atoms with Crippen LogP contribution in [0.1, 0.15) is 25.6 Å². The zero-order valence-electron chi connectivity index (χ0n) is 14.9. The molecule has 0 aliphatic rings. The van der Waals surface area contributed by atoms with E-state index in [4.69, 9.17) is 4.74 Å². The molecule has 0 aliphatic carbocycles. The third kappa shape index (κ3) is 4.19. The zero-order valence-corrected chi connectivity index (χ0v) is 16.5. The number of anilines is 1. The van der Waals surface area contributed by atoms with E-state index in [0.717, 1.165) is 23.1 Å². The van der Waals surface area contributed by atoms with Gasteiger partial charge in [-0.15, -0.1) is 16.4 Å². The van der Waals surface area contributed by atoms with Gasteiger partial charge < -0.3 is 15.0 Å². The van der Waals surface area contributed by atoms with Crippen LogP contribution in [0.25, 0.3) is 0 Å². The third-order valence-electron chi connectivity index (χ3n) is 3.30. The van der Waals surface area contributed by atoms with Crippen LogP contribution in [0, 0.1) is 6.92 Å². The van der Waals surface area contributed by atoms with Gasteiger partial charge in [0.25, 0.3) is 5.91 Å². The predicted octanol–water partition coefficient (Wildman–Crippen LogP) is 0.799. The van der Waals surface area contributed by atoms with Crippen LogP contribution in [0.2, 0.25) is 0 Å². The molecule has 12 heteroatoms. The van der Waals surface area contributed by atoms with Gasteiger partial charge in [0.05, 0.1) is 23.3 Å². The number of thioether (sulfide) groups is 1. The molecule has 0 spiro atoms. The molecule has 2 rings (SSSR count). The van der Waals surface area contributed by atoms with Crippen molar-refractivity contribution in [2.45, 2.75) is 12.1 Å². The van der Waals surface area contributed by atoms with Crippen LogP contribution in [0.5, 0.6) is 0 Å². The van der Waals surface area contributed by atoms with Crippen molar-refractivity contribution in [1.29, 1.82) is 0 Å². The summed E-state index contributed by atoms with van der Waals surface area (Å²) in [5.41, 5.74) is 0.655. The average molecular weight is 398 g/mol. The molecule has 2 amide bonds. The van der Waals surface area contributed by atoms with Gasteiger partial charge in [-0.2, -0.15) is 0 Å². The minimum Gasteiger partial charge on any atom is -0.465 e. The maximum atomic E-state index is 12.3. The van der Waals surface area contributed by atoms with Crippen LogP contribution in [-0.2, 0) is 16.6 Å². The predicted molar refractivity (Wildman–Crippen MR) is 96.6 cm³/mol. The summed E-state index contributed by atoms with van der Waals surface area (Å²) in [4.78, 5) is 38.4. The van der Waals surface area contributed by atoms with E-state index in [1.165, 1.54) is 16.7 Å². The number of rotatable bonds is 6. The summed E-state index contributed by atoms with van der Waals surface area (Å²) in [5.74, 6) is -1.18. The van der Waals surface area contributed by atoms with Gasteiger partial charge >= 0.3 is 5.97 Å². The molecule has 0 bridgehead atoms. The smallest absolute Gasteiger partial charge is 0.341 e. The molecule has 0 aliphatic heterocycles. The molecule has 0 saturated heterocycles. The molecule has 2 aromatic heterocycles. The van der Waals surface area contributed by atoms with Crippen LogP contribution >= 0.6 is 23.1 Å². The number of carbonyl (C=O) groups excluding carboxylic acids is 3. The van der Waals surface area contributed by atoms with Crippen molar-refractivity contribution in [3.63, 3.8) is 0 Å². The Morgan fingerprint density at radius 3 is 2.58 bits per heavy atom. The van der Waals surface area contributed by atoms with Gasteiger partial charge in [0.2, 0.25) is 11.1 Å². The van der Waals surface area contributed by atoms with Gasteiger partial charge in [-0.25, -0.2) is 9.48 Å². The Morgan fingerprint density at radius 1 is 1.35 bits per heavy atom. The highest BCUT2D eigenvalue weighted by Gasteiger charge is 2.27. The summed E-state index contributed by atoms with van der Waals surface area (Å²) in [5, 5.41) is 14.4. The molecule has 1 N–H and O–H groups in total. The Morgan fingerprint density at radius 2 is 2.04 bits per heavy atom. The molecule has 2 aromatic rings. The Bertz CT molecular complexity index is 845. The Kier molecular flexibility index (Phi) is 6.32. The summed E-state index contributed by atoms with van der Waals surface area (Å²) >= 11 is 2.19. The van der Waals surface area contributed by atoms with Gasteiger partial charge in [0, 0.05) is 21.1 Å². The first-order chi connectivity index (χ1) is 12.3. The van der Waals surface area contributed by atoms with Gasteiger partial charge in [0.1, 0.15) is 5.00 Å². The van der Waals surface area contributed by atoms with Crippen molar-refractivity contribution in [3.05, 3.63) is 16.0 Å². The molecular formula is C14H18N6O4S2. The first-order valence-corrected chi connectivity index (χ1v) is 9.14. The Balaban J connectivity index is 2.22. The first-order valence-electron chi connectivity index (χ1n) is 7.34. The molecule has 0 atom stereocenters. The van der Waals surface area contributed by atoms with Crippen molar-refractivity contribution >= 4 is 45.9 Å². The molecule has 0 unspecified atom stereocenters. The van der Waals surface area contributed by atoms with Crippen molar-refractivity contribution < 1.29 is 19.1 Å². The second kappa shape index (κ2) is 8.27. The van der Waals surface area contributed by atoms with E-state index in [1.54, 1.807) is 28.1 Å². The van der Waals surface area contributed by atoms with E-state index in [9.17, 15) is 14.4 Å². The first kappa shape index (κ1) is 19.8. The number of hydrogen-bond donors (Lipinski definition) is 1. The minimum absolute atomic E-state index is 0.0444. The maximum absolute atomic E-state index is 12.3. The number of nitrogens with one attached hydrogen (secondary N) is 1. The fraction of sp³-hybridized carbons (Fsp3) is 0.429. The fourth-order valence-corrected chi connectivity index (χ4v) is 3.88. The largest absolute Gasteiger partial charge is 0.465 e. The summed E-state index contributed by atoms with van der Waals surface area (Å²) < 4.78 is 6.23. The van der Waals surface area contributed by atoms with Crippen LogP contribution in [0.3, 0.4) is 0 Å². The Labute approximate surface area is 157 Å². The fourth-order valence-electron chi connectivity index (χ4n) is 1.99. The zero-order chi connectivity index (χ0) is 19.4. The summed E-state index contributed by atoms with van der Waals surface area (Å²) in [6.45, 7) is 1.65.